The summed E-state index contributed by atoms with van der Waals surface area (Å²) in [5, 5.41) is 7.77. The van der Waals surface area contributed by atoms with Crippen LogP contribution in [0.25, 0.3) is 0 Å². The first-order chi connectivity index (χ1) is 10.8. The molecule has 1 aromatic carbocycles. The molecule has 1 aromatic rings. The largest absolute Gasteiger partial charge is 0.492 e. The molecular weight excluding hydrogens is 322 g/mol. The lowest BCUT2D eigenvalue weighted by molar-refractivity contribution is 0.184. The van der Waals surface area contributed by atoms with Gasteiger partial charge in [0.05, 0.1) is 11.4 Å². The van der Waals surface area contributed by atoms with E-state index in [9.17, 15) is 13.2 Å². The molecule has 0 aliphatic heterocycles. The Kier molecular flexibility index (Phi) is 7.79. The number of likely N-dealkylation sites (N-methyl/N-ethyl adjacent to an activating group) is 1. The number of carbonyl (C=O) groups is 1. The van der Waals surface area contributed by atoms with E-state index in [4.69, 9.17) is 14.6 Å². The molecule has 0 saturated heterocycles. The van der Waals surface area contributed by atoms with Crippen LogP contribution >= 0.6 is 0 Å². The van der Waals surface area contributed by atoms with Gasteiger partial charge in [0.15, 0.2) is 0 Å². The van der Waals surface area contributed by atoms with E-state index >= 15 is 0 Å². The molecule has 0 atom stereocenters. The summed E-state index contributed by atoms with van der Waals surface area (Å²) in [7, 11) is -0.426. The SMILES string of the molecule is COCCCNC(=O)N(C)CCOc1ccc(S(N)(=O)=O)cc1. The molecule has 1 rings (SSSR count). The normalized spacial score (nSPS) is 11.1. The van der Waals surface area contributed by atoms with Gasteiger partial charge in [0.25, 0.3) is 0 Å². The summed E-state index contributed by atoms with van der Waals surface area (Å²) in [5.41, 5.74) is 0. The van der Waals surface area contributed by atoms with Crippen molar-refractivity contribution in [1.29, 1.82) is 0 Å². The second-order valence-corrected chi connectivity index (χ2v) is 6.43. The number of ether oxygens (including phenoxy) is 2. The summed E-state index contributed by atoms with van der Waals surface area (Å²) < 4.78 is 32.6. The van der Waals surface area contributed by atoms with Gasteiger partial charge < -0.3 is 19.7 Å². The summed E-state index contributed by atoms with van der Waals surface area (Å²) in [6.07, 6.45) is 0.753. The first-order valence-electron chi connectivity index (χ1n) is 7.08. The minimum atomic E-state index is -3.70. The zero-order valence-electron chi connectivity index (χ0n) is 13.3. The van der Waals surface area contributed by atoms with Gasteiger partial charge in [-0.05, 0) is 30.7 Å². The van der Waals surface area contributed by atoms with Gasteiger partial charge in [0.1, 0.15) is 12.4 Å². The Hall–Kier alpha value is -1.84. The van der Waals surface area contributed by atoms with Gasteiger partial charge in [-0.3, -0.25) is 0 Å². The maximum atomic E-state index is 11.7. The molecule has 0 fully saturated rings. The first kappa shape index (κ1) is 19.2. The zero-order valence-corrected chi connectivity index (χ0v) is 14.1. The van der Waals surface area contributed by atoms with Crippen LogP contribution in [0.15, 0.2) is 29.2 Å². The second kappa shape index (κ2) is 9.33. The van der Waals surface area contributed by atoms with Crippen molar-refractivity contribution >= 4 is 16.1 Å². The number of hydrogen-bond donors (Lipinski definition) is 2. The van der Waals surface area contributed by atoms with Gasteiger partial charge in [-0.15, -0.1) is 0 Å². The van der Waals surface area contributed by atoms with Gasteiger partial charge in [-0.2, -0.15) is 0 Å². The van der Waals surface area contributed by atoms with Crippen molar-refractivity contribution in [3.8, 4) is 5.75 Å². The molecule has 0 aliphatic carbocycles. The van der Waals surface area contributed by atoms with Crippen LogP contribution in [0.1, 0.15) is 6.42 Å². The van der Waals surface area contributed by atoms with E-state index < -0.39 is 10.0 Å². The minimum absolute atomic E-state index is 0.0254. The van der Waals surface area contributed by atoms with Gasteiger partial charge in [-0.1, -0.05) is 0 Å². The lowest BCUT2D eigenvalue weighted by Crippen LogP contribution is -2.39. The van der Waals surface area contributed by atoms with Gasteiger partial charge in [-0.25, -0.2) is 18.4 Å². The summed E-state index contributed by atoms with van der Waals surface area (Å²) in [6.45, 7) is 1.83. The van der Waals surface area contributed by atoms with E-state index in [2.05, 4.69) is 5.32 Å². The number of benzene rings is 1. The van der Waals surface area contributed by atoms with Crippen molar-refractivity contribution in [1.82, 2.24) is 10.2 Å². The van der Waals surface area contributed by atoms with Crippen LogP contribution in [0.5, 0.6) is 5.75 Å². The van der Waals surface area contributed by atoms with E-state index in [1.165, 1.54) is 29.2 Å². The molecular formula is C14H23N3O5S. The average Bonchev–Trinajstić information content (AvgIpc) is 2.51. The highest BCUT2D eigenvalue weighted by Gasteiger charge is 2.09. The quantitative estimate of drug-likeness (QED) is 0.629. The molecule has 130 valence electrons. The van der Waals surface area contributed by atoms with E-state index in [1.807, 2.05) is 0 Å². The van der Waals surface area contributed by atoms with Crippen molar-refractivity contribution in [2.45, 2.75) is 11.3 Å². The third kappa shape index (κ3) is 7.31. The predicted octanol–water partition coefficient (Wildman–Crippen LogP) is 0.391. The molecule has 0 unspecified atom stereocenters. The van der Waals surface area contributed by atoms with Crippen LogP contribution in [0, 0.1) is 0 Å². The van der Waals surface area contributed by atoms with Crippen LogP contribution in [-0.2, 0) is 14.8 Å². The Morgan fingerprint density at radius 1 is 1.26 bits per heavy atom. The van der Waals surface area contributed by atoms with E-state index in [0.717, 1.165) is 6.42 Å². The molecule has 0 aliphatic rings. The number of sulfonamides is 1. The van der Waals surface area contributed by atoms with Crippen molar-refractivity contribution in [3.05, 3.63) is 24.3 Å². The maximum absolute atomic E-state index is 11.7. The zero-order chi connectivity index (χ0) is 17.3. The van der Waals surface area contributed by atoms with Gasteiger partial charge in [0.2, 0.25) is 10.0 Å². The Morgan fingerprint density at radius 2 is 1.91 bits per heavy atom. The highest BCUT2D eigenvalue weighted by Crippen LogP contribution is 2.14. The van der Waals surface area contributed by atoms with Crippen LogP contribution in [-0.4, -0.2) is 59.8 Å². The molecule has 3 N–H and O–H groups in total. The smallest absolute Gasteiger partial charge is 0.317 e. The number of amides is 2. The number of nitrogens with zero attached hydrogens (tertiary/aromatic N) is 1. The summed E-state index contributed by atoms with van der Waals surface area (Å²) >= 11 is 0. The Morgan fingerprint density at radius 3 is 2.48 bits per heavy atom. The van der Waals surface area contributed by atoms with Crippen LogP contribution in [0.4, 0.5) is 4.79 Å². The fraction of sp³-hybridized carbons (Fsp3) is 0.500. The van der Waals surface area contributed by atoms with Crippen LogP contribution < -0.4 is 15.2 Å². The second-order valence-electron chi connectivity index (χ2n) is 4.86. The average molecular weight is 345 g/mol. The number of rotatable bonds is 9. The monoisotopic (exact) mass is 345 g/mol. The van der Waals surface area contributed by atoms with E-state index in [-0.39, 0.29) is 17.5 Å². The molecule has 23 heavy (non-hydrogen) atoms. The highest BCUT2D eigenvalue weighted by atomic mass is 32.2. The Bertz CT molecular complexity index is 589. The number of primary sulfonamides is 1. The summed E-state index contributed by atoms with van der Waals surface area (Å²) in [5.74, 6) is 0.506. The van der Waals surface area contributed by atoms with Gasteiger partial charge >= 0.3 is 6.03 Å². The first-order valence-corrected chi connectivity index (χ1v) is 8.63. The topological polar surface area (TPSA) is 111 Å². The molecule has 0 bridgehead atoms. The molecule has 0 heterocycles. The molecule has 9 heteroatoms. The Labute approximate surface area is 136 Å². The molecule has 8 nitrogen and oxygen atoms in total. The lowest BCUT2D eigenvalue weighted by atomic mass is 10.3. The molecule has 0 saturated carbocycles. The van der Waals surface area contributed by atoms with Crippen molar-refractivity contribution in [2.75, 3.05) is 40.5 Å². The standard InChI is InChI=1S/C14H23N3O5S/c1-17(14(18)16-8-3-10-21-2)9-11-22-12-4-6-13(7-5-12)23(15,19)20/h4-7H,3,8-11H2,1-2H3,(H,16,18)(H2,15,19,20). The minimum Gasteiger partial charge on any atom is -0.492 e. The summed E-state index contributed by atoms with van der Waals surface area (Å²) in [4.78, 5) is 13.3. The van der Waals surface area contributed by atoms with Crippen LogP contribution in [0.3, 0.4) is 0 Å². The lowest BCUT2D eigenvalue weighted by Gasteiger charge is -2.18. The number of hydrogen-bond acceptors (Lipinski definition) is 5. The number of nitrogens with two attached hydrogens (primary N) is 1. The van der Waals surface area contributed by atoms with Crippen molar-refractivity contribution in [2.24, 2.45) is 5.14 Å². The number of carbonyl (C=O) groups excluding carboxylic acids is 1. The Balaban J connectivity index is 2.31. The van der Waals surface area contributed by atoms with E-state index in [0.29, 0.717) is 25.4 Å². The third-order valence-electron chi connectivity index (χ3n) is 3.00. The van der Waals surface area contributed by atoms with Crippen molar-refractivity contribution < 1.29 is 22.7 Å². The maximum Gasteiger partial charge on any atom is 0.317 e. The predicted molar refractivity (Wildman–Crippen MR) is 85.8 cm³/mol. The molecule has 0 spiro atoms. The third-order valence-corrected chi connectivity index (χ3v) is 3.93. The van der Waals surface area contributed by atoms with Gasteiger partial charge in [0, 0.05) is 27.3 Å². The molecule has 0 radical (unpaired) electrons. The molecule has 0 aromatic heterocycles. The fourth-order valence-corrected chi connectivity index (χ4v) is 2.19. The number of nitrogens with one attached hydrogen (secondary N) is 1. The summed E-state index contributed by atoms with van der Waals surface area (Å²) in [6, 6.07) is 5.59. The highest BCUT2D eigenvalue weighted by molar-refractivity contribution is 7.89. The molecule has 2 amide bonds. The van der Waals surface area contributed by atoms with Crippen LogP contribution in [0.2, 0.25) is 0 Å². The number of methoxy groups -OCH3 is 1. The van der Waals surface area contributed by atoms with E-state index in [1.54, 1.807) is 14.2 Å². The number of urea groups is 1. The fourth-order valence-electron chi connectivity index (χ4n) is 1.67. The van der Waals surface area contributed by atoms with Crippen molar-refractivity contribution in [3.63, 3.8) is 0 Å².